The minimum absolute atomic E-state index is 0.0364. The normalized spacial score (nSPS) is 14.5. The fraction of sp³-hybridized carbons (Fsp3) is 0.391. The van der Waals surface area contributed by atoms with Gasteiger partial charge in [-0.3, -0.25) is 9.59 Å². The van der Waals surface area contributed by atoms with Crippen LogP contribution in [0, 0.1) is 6.92 Å². The number of hydrogen-bond donors (Lipinski definition) is 1. The first-order valence-electron chi connectivity index (χ1n) is 10.1. The van der Waals surface area contributed by atoms with E-state index in [-0.39, 0.29) is 17.9 Å². The van der Waals surface area contributed by atoms with Gasteiger partial charge in [0.05, 0.1) is 17.2 Å². The summed E-state index contributed by atoms with van der Waals surface area (Å²) in [6.07, 6.45) is 2.61. The average Bonchev–Trinajstić information content (AvgIpc) is 2.73. The molecular weight excluding hydrogens is 388 g/mol. The number of halogens is 1. The molecule has 2 amide bonds. The number of nitrogens with one attached hydrogen (secondary N) is 1. The number of nitrogens with zero attached hydrogens (tertiary/aromatic N) is 1. The monoisotopic (exact) mass is 414 g/mol. The van der Waals surface area contributed by atoms with Crippen molar-refractivity contribution in [1.82, 2.24) is 10.2 Å². The Morgan fingerprint density at radius 1 is 1.10 bits per heavy atom. The van der Waals surface area contributed by atoms with Gasteiger partial charge in [-0.05, 0) is 49.9 Å². The van der Waals surface area contributed by atoms with Gasteiger partial charge in [-0.25, -0.2) is 0 Å². The van der Waals surface area contributed by atoms with Crippen LogP contribution >= 0.6 is 11.6 Å². The molecule has 0 aromatic heterocycles. The first-order chi connectivity index (χ1) is 14.0. The Labute approximate surface area is 177 Å². The number of benzene rings is 2. The summed E-state index contributed by atoms with van der Waals surface area (Å²) in [7, 11) is 0. The van der Waals surface area contributed by atoms with E-state index < -0.39 is 0 Å². The zero-order chi connectivity index (χ0) is 20.6. The Morgan fingerprint density at radius 3 is 2.52 bits per heavy atom. The number of para-hydroxylation sites is 1. The zero-order valence-electron chi connectivity index (χ0n) is 16.7. The second-order valence-electron chi connectivity index (χ2n) is 7.33. The van der Waals surface area contributed by atoms with Gasteiger partial charge in [-0.2, -0.15) is 0 Å². The van der Waals surface area contributed by atoms with Crippen LogP contribution in [0.25, 0.3) is 0 Å². The molecule has 154 valence electrons. The standard InChI is InChI=1S/C23H27ClN2O3/c1-17-7-2-5-10-21(17)29-16-6-11-22(27)25-18-12-14-26(15-13-18)23(28)19-8-3-4-9-20(19)24/h2-5,7-10,18H,6,11-16H2,1H3,(H,25,27). The molecular formula is C23H27ClN2O3. The maximum absolute atomic E-state index is 12.6. The fourth-order valence-electron chi connectivity index (χ4n) is 3.46. The van der Waals surface area contributed by atoms with E-state index >= 15 is 0 Å². The van der Waals surface area contributed by atoms with E-state index in [0.717, 1.165) is 24.2 Å². The van der Waals surface area contributed by atoms with Gasteiger partial charge in [-0.15, -0.1) is 0 Å². The van der Waals surface area contributed by atoms with Crippen molar-refractivity contribution < 1.29 is 14.3 Å². The highest BCUT2D eigenvalue weighted by molar-refractivity contribution is 6.33. The van der Waals surface area contributed by atoms with Gasteiger partial charge in [0.1, 0.15) is 5.75 Å². The van der Waals surface area contributed by atoms with Gasteiger partial charge in [0.25, 0.3) is 5.91 Å². The fourth-order valence-corrected chi connectivity index (χ4v) is 3.68. The number of amides is 2. The van der Waals surface area contributed by atoms with Crippen LogP contribution in [0.4, 0.5) is 0 Å². The number of carbonyl (C=O) groups excluding carboxylic acids is 2. The summed E-state index contributed by atoms with van der Waals surface area (Å²) in [6.45, 7) is 3.75. The molecule has 0 radical (unpaired) electrons. The smallest absolute Gasteiger partial charge is 0.255 e. The Morgan fingerprint density at radius 2 is 1.79 bits per heavy atom. The maximum atomic E-state index is 12.6. The third kappa shape index (κ3) is 5.97. The predicted molar refractivity (Wildman–Crippen MR) is 114 cm³/mol. The van der Waals surface area contributed by atoms with Crippen molar-refractivity contribution in [3.05, 3.63) is 64.7 Å². The third-order valence-corrected chi connectivity index (χ3v) is 5.48. The molecule has 1 N–H and O–H groups in total. The van der Waals surface area contributed by atoms with Crippen molar-refractivity contribution in [3.63, 3.8) is 0 Å². The summed E-state index contributed by atoms with van der Waals surface area (Å²) in [4.78, 5) is 26.6. The maximum Gasteiger partial charge on any atom is 0.255 e. The quantitative estimate of drug-likeness (QED) is 0.690. The van der Waals surface area contributed by atoms with Gasteiger partial charge < -0.3 is 15.0 Å². The molecule has 1 saturated heterocycles. The number of likely N-dealkylation sites (tertiary alicyclic amines) is 1. The topological polar surface area (TPSA) is 58.6 Å². The number of aryl methyl sites for hydroxylation is 1. The van der Waals surface area contributed by atoms with Crippen molar-refractivity contribution >= 4 is 23.4 Å². The molecule has 0 aliphatic carbocycles. The summed E-state index contributed by atoms with van der Waals surface area (Å²) < 4.78 is 5.73. The minimum Gasteiger partial charge on any atom is -0.493 e. The summed E-state index contributed by atoms with van der Waals surface area (Å²) >= 11 is 6.13. The summed E-state index contributed by atoms with van der Waals surface area (Å²) in [6, 6.07) is 15.1. The molecule has 3 rings (SSSR count). The van der Waals surface area contributed by atoms with E-state index in [1.807, 2.05) is 43.3 Å². The van der Waals surface area contributed by atoms with Crippen LogP contribution in [-0.2, 0) is 4.79 Å². The number of ether oxygens (including phenoxy) is 1. The Balaban J connectivity index is 1.36. The average molecular weight is 415 g/mol. The van der Waals surface area contributed by atoms with E-state index in [2.05, 4.69) is 5.32 Å². The lowest BCUT2D eigenvalue weighted by molar-refractivity contribution is -0.122. The molecule has 1 aliphatic heterocycles. The SMILES string of the molecule is Cc1ccccc1OCCCC(=O)NC1CCN(C(=O)c2ccccc2Cl)CC1. The second-order valence-corrected chi connectivity index (χ2v) is 7.74. The van der Waals surface area contributed by atoms with Crippen LogP contribution in [0.15, 0.2) is 48.5 Å². The van der Waals surface area contributed by atoms with Crippen LogP contribution in [0.2, 0.25) is 5.02 Å². The summed E-state index contributed by atoms with van der Waals surface area (Å²) in [5.74, 6) is 0.853. The Hall–Kier alpha value is -2.53. The summed E-state index contributed by atoms with van der Waals surface area (Å²) in [5, 5.41) is 3.55. The van der Waals surface area contributed by atoms with Gasteiger partial charge in [-0.1, -0.05) is 41.9 Å². The van der Waals surface area contributed by atoms with Gasteiger partial charge in [0, 0.05) is 25.6 Å². The lowest BCUT2D eigenvalue weighted by Crippen LogP contribution is -2.46. The Bertz CT molecular complexity index is 848. The lowest BCUT2D eigenvalue weighted by Gasteiger charge is -2.32. The molecule has 0 unspecified atom stereocenters. The highest BCUT2D eigenvalue weighted by Gasteiger charge is 2.25. The number of piperidine rings is 1. The largest absolute Gasteiger partial charge is 0.493 e. The molecule has 0 atom stereocenters. The molecule has 0 saturated carbocycles. The number of hydrogen-bond acceptors (Lipinski definition) is 3. The third-order valence-electron chi connectivity index (χ3n) is 5.15. The molecule has 1 fully saturated rings. The first kappa shape index (κ1) is 21.2. The van der Waals surface area contributed by atoms with Crippen LogP contribution in [0.3, 0.4) is 0 Å². The highest BCUT2D eigenvalue weighted by Crippen LogP contribution is 2.20. The van der Waals surface area contributed by atoms with Crippen LogP contribution in [0.5, 0.6) is 5.75 Å². The lowest BCUT2D eigenvalue weighted by atomic mass is 10.0. The van der Waals surface area contributed by atoms with E-state index in [1.54, 1.807) is 17.0 Å². The molecule has 1 heterocycles. The molecule has 6 heteroatoms. The van der Waals surface area contributed by atoms with Gasteiger partial charge in [0.15, 0.2) is 0 Å². The van der Waals surface area contributed by atoms with Crippen LogP contribution < -0.4 is 10.1 Å². The zero-order valence-corrected chi connectivity index (χ0v) is 17.5. The van der Waals surface area contributed by atoms with E-state index in [9.17, 15) is 9.59 Å². The minimum atomic E-state index is -0.0475. The molecule has 2 aromatic carbocycles. The number of rotatable bonds is 7. The van der Waals surface area contributed by atoms with Crippen molar-refractivity contribution in [2.24, 2.45) is 0 Å². The van der Waals surface area contributed by atoms with Crippen molar-refractivity contribution in [1.29, 1.82) is 0 Å². The predicted octanol–water partition coefficient (Wildman–Crippen LogP) is 4.23. The van der Waals surface area contributed by atoms with Crippen molar-refractivity contribution in [3.8, 4) is 5.75 Å². The number of carbonyl (C=O) groups is 2. The molecule has 5 nitrogen and oxygen atoms in total. The molecule has 2 aromatic rings. The van der Waals surface area contributed by atoms with Gasteiger partial charge >= 0.3 is 0 Å². The molecule has 0 bridgehead atoms. The van der Waals surface area contributed by atoms with E-state index in [4.69, 9.17) is 16.3 Å². The molecule has 1 aliphatic rings. The van der Waals surface area contributed by atoms with Gasteiger partial charge in [0.2, 0.25) is 5.91 Å². The van der Waals surface area contributed by atoms with Crippen molar-refractivity contribution in [2.45, 2.75) is 38.6 Å². The van der Waals surface area contributed by atoms with Crippen LogP contribution in [-0.4, -0.2) is 42.5 Å². The van der Waals surface area contributed by atoms with E-state index in [1.165, 1.54) is 0 Å². The van der Waals surface area contributed by atoms with Crippen molar-refractivity contribution in [2.75, 3.05) is 19.7 Å². The Kier molecular flexibility index (Phi) is 7.53. The second kappa shape index (κ2) is 10.3. The molecule has 29 heavy (non-hydrogen) atoms. The first-order valence-corrected chi connectivity index (χ1v) is 10.4. The highest BCUT2D eigenvalue weighted by atomic mass is 35.5. The molecule has 0 spiro atoms. The van der Waals surface area contributed by atoms with E-state index in [0.29, 0.717) is 43.1 Å². The van der Waals surface area contributed by atoms with Crippen LogP contribution in [0.1, 0.15) is 41.6 Å². The summed E-state index contributed by atoms with van der Waals surface area (Å²) in [5.41, 5.74) is 1.63.